The van der Waals surface area contributed by atoms with Crippen LogP contribution in [-0.4, -0.2) is 40.6 Å². The van der Waals surface area contributed by atoms with Crippen molar-refractivity contribution in [1.29, 1.82) is 0 Å². The Bertz CT molecular complexity index is 474. The molecule has 0 aromatic carbocycles. The van der Waals surface area contributed by atoms with E-state index in [4.69, 9.17) is 0 Å². The van der Waals surface area contributed by atoms with Crippen LogP contribution in [0.3, 0.4) is 0 Å². The highest BCUT2D eigenvalue weighted by atomic mass is 32.1. The van der Waals surface area contributed by atoms with Crippen molar-refractivity contribution in [3.63, 3.8) is 0 Å². The fourth-order valence-electron chi connectivity index (χ4n) is 2.89. The fourth-order valence-corrected chi connectivity index (χ4v) is 3.86. The van der Waals surface area contributed by atoms with E-state index in [9.17, 15) is 9.90 Å². The molecule has 3 rings (SSSR count). The molecule has 1 aliphatic heterocycles. The second kappa shape index (κ2) is 6.22. The molecular formula is C15H22N2O2S. The number of likely N-dealkylation sites (tertiary alicyclic amines) is 1. The van der Waals surface area contributed by atoms with Crippen molar-refractivity contribution < 1.29 is 9.90 Å². The highest BCUT2D eigenvalue weighted by Crippen LogP contribution is 2.42. The third-order valence-electron chi connectivity index (χ3n) is 4.20. The van der Waals surface area contributed by atoms with Gasteiger partial charge in [0, 0.05) is 18.9 Å². The third kappa shape index (κ3) is 3.38. The van der Waals surface area contributed by atoms with Crippen molar-refractivity contribution in [1.82, 2.24) is 9.88 Å². The Kier molecular flexibility index (Phi) is 4.36. The largest absolute Gasteiger partial charge is 0.477 e. The van der Waals surface area contributed by atoms with E-state index >= 15 is 0 Å². The predicted octanol–water partition coefficient (Wildman–Crippen LogP) is 3.14. The van der Waals surface area contributed by atoms with E-state index in [1.165, 1.54) is 50.1 Å². The minimum Gasteiger partial charge on any atom is -0.477 e. The molecule has 0 amide bonds. The molecule has 0 atom stereocenters. The van der Waals surface area contributed by atoms with E-state index in [-0.39, 0.29) is 0 Å². The number of rotatable bonds is 5. The van der Waals surface area contributed by atoms with Gasteiger partial charge in [0.2, 0.25) is 0 Å². The van der Waals surface area contributed by atoms with Crippen molar-refractivity contribution in [3.8, 4) is 0 Å². The SMILES string of the molecule is O=C(O)c1sc(CCN2CCCCCC2)nc1C1CC1. The summed E-state index contributed by atoms with van der Waals surface area (Å²) in [5, 5.41) is 10.3. The van der Waals surface area contributed by atoms with Gasteiger partial charge in [-0.1, -0.05) is 12.8 Å². The van der Waals surface area contributed by atoms with Gasteiger partial charge in [0.05, 0.1) is 10.7 Å². The second-order valence-corrected chi connectivity index (χ2v) is 6.99. The minimum atomic E-state index is -0.801. The number of carboxylic acid groups (broad SMARTS) is 1. The summed E-state index contributed by atoms with van der Waals surface area (Å²) in [6, 6.07) is 0. The molecule has 1 saturated heterocycles. The molecule has 5 heteroatoms. The van der Waals surface area contributed by atoms with Crippen LogP contribution in [0.5, 0.6) is 0 Å². The van der Waals surface area contributed by atoms with Gasteiger partial charge in [-0.05, 0) is 38.8 Å². The number of hydrogen-bond donors (Lipinski definition) is 1. The zero-order chi connectivity index (χ0) is 13.9. The fraction of sp³-hybridized carbons (Fsp3) is 0.733. The van der Waals surface area contributed by atoms with E-state index in [2.05, 4.69) is 9.88 Å². The van der Waals surface area contributed by atoms with Crippen molar-refractivity contribution in [2.75, 3.05) is 19.6 Å². The van der Waals surface area contributed by atoms with E-state index in [1.807, 2.05) is 0 Å². The maximum atomic E-state index is 11.3. The van der Waals surface area contributed by atoms with E-state index in [1.54, 1.807) is 0 Å². The molecule has 2 fully saturated rings. The van der Waals surface area contributed by atoms with Crippen LogP contribution in [0.15, 0.2) is 0 Å². The van der Waals surface area contributed by atoms with Crippen LogP contribution < -0.4 is 0 Å². The lowest BCUT2D eigenvalue weighted by Gasteiger charge is -2.18. The standard InChI is InChI=1S/C15H22N2O2S/c18-15(19)14-13(11-5-6-11)16-12(20-14)7-10-17-8-3-1-2-4-9-17/h11H,1-10H2,(H,18,19). The Morgan fingerprint density at radius 3 is 2.55 bits per heavy atom. The number of aromatic carboxylic acids is 1. The molecule has 1 N–H and O–H groups in total. The molecule has 0 radical (unpaired) electrons. The minimum absolute atomic E-state index is 0.421. The number of hydrogen-bond acceptors (Lipinski definition) is 4. The van der Waals surface area contributed by atoms with Crippen molar-refractivity contribution >= 4 is 17.3 Å². The van der Waals surface area contributed by atoms with Crippen LogP contribution in [0.4, 0.5) is 0 Å². The average Bonchev–Trinajstić information content (AvgIpc) is 3.22. The smallest absolute Gasteiger partial charge is 0.347 e. The van der Waals surface area contributed by atoms with E-state index in [0.717, 1.165) is 36.5 Å². The van der Waals surface area contributed by atoms with Crippen LogP contribution in [0.25, 0.3) is 0 Å². The first-order valence-electron chi connectivity index (χ1n) is 7.69. The number of carbonyl (C=O) groups is 1. The van der Waals surface area contributed by atoms with Gasteiger partial charge in [0.25, 0.3) is 0 Å². The predicted molar refractivity (Wildman–Crippen MR) is 79.7 cm³/mol. The molecule has 1 aliphatic carbocycles. The quantitative estimate of drug-likeness (QED) is 0.906. The normalized spacial score (nSPS) is 20.8. The molecular weight excluding hydrogens is 272 g/mol. The summed E-state index contributed by atoms with van der Waals surface area (Å²) in [5.74, 6) is -0.380. The Morgan fingerprint density at radius 1 is 1.25 bits per heavy atom. The second-order valence-electron chi connectivity index (χ2n) is 5.91. The molecule has 20 heavy (non-hydrogen) atoms. The summed E-state index contributed by atoms with van der Waals surface area (Å²) in [6.07, 6.45) is 8.41. The first-order valence-corrected chi connectivity index (χ1v) is 8.51. The summed E-state index contributed by atoms with van der Waals surface area (Å²) >= 11 is 1.39. The Balaban J connectivity index is 1.62. The van der Waals surface area contributed by atoms with Crippen molar-refractivity contribution in [3.05, 3.63) is 15.6 Å². The molecule has 0 bridgehead atoms. The van der Waals surface area contributed by atoms with Crippen LogP contribution >= 0.6 is 11.3 Å². The molecule has 110 valence electrons. The topological polar surface area (TPSA) is 53.4 Å². The van der Waals surface area contributed by atoms with Crippen LogP contribution in [0.1, 0.15) is 64.8 Å². The Labute approximate surface area is 123 Å². The highest BCUT2D eigenvalue weighted by molar-refractivity contribution is 7.13. The first-order chi connectivity index (χ1) is 9.74. The first kappa shape index (κ1) is 14.0. The Morgan fingerprint density at radius 2 is 1.95 bits per heavy atom. The van der Waals surface area contributed by atoms with Crippen molar-refractivity contribution in [2.45, 2.75) is 50.9 Å². The maximum absolute atomic E-state index is 11.3. The number of aromatic nitrogens is 1. The van der Waals surface area contributed by atoms with Gasteiger partial charge >= 0.3 is 5.97 Å². The molecule has 2 aliphatic rings. The third-order valence-corrected chi connectivity index (χ3v) is 5.32. The zero-order valence-corrected chi connectivity index (χ0v) is 12.6. The zero-order valence-electron chi connectivity index (χ0n) is 11.8. The molecule has 1 aromatic rings. The molecule has 1 aromatic heterocycles. The van der Waals surface area contributed by atoms with Crippen LogP contribution in [-0.2, 0) is 6.42 Å². The monoisotopic (exact) mass is 294 g/mol. The number of nitrogens with zero attached hydrogens (tertiary/aromatic N) is 2. The number of thiazole rings is 1. The number of carboxylic acids is 1. The lowest BCUT2D eigenvalue weighted by atomic mass is 10.2. The van der Waals surface area contributed by atoms with Gasteiger partial charge in [-0.3, -0.25) is 0 Å². The van der Waals surface area contributed by atoms with E-state index < -0.39 is 5.97 Å². The molecule has 4 nitrogen and oxygen atoms in total. The molecule has 0 spiro atoms. The summed E-state index contributed by atoms with van der Waals surface area (Å²) in [4.78, 5) is 18.9. The van der Waals surface area contributed by atoms with E-state index in [0.29, 0.717) is 10.8 Å². The van der Waals surface area contributed by atoms with Gasteiger partial charge in [0.1, 0.15) is 4.88 Å². The summed E-state index contributed by atoms with van der Waals surface area (Å²) in [7, 11) is 0. The van der Waals surface area contributed by atoms with Gasteiger partial charge < -0.3 is 10.0 Å². The summed E-state index contributed by atoms with van der Waals surface area (Å²) < 4.78 is 0. The van der Waals surface area contributed by atoms with Gasteiger partial charge in [-0.15, -0.1) is 11.3 Å². The Hall–Kier alpha value is -0.940. The van der Waals surface area contributed by atoms with Gasteiger partial charge in [-0.25, -0.2) is 9.78 Å². The van der Waals surface area contributed by atoms with Crippen molar-refractivity contribution in [2.24, 2.45) is 0 Å². The summed E-state index contributed by atoms with van der Waals surface area (Å²) in [6.45, 7) is 3.40. The van der Waals surface area contributed by atoms with Gasteiger partial charge in [-0.2, -0.15) is 0 Å². The molecule has 2 heterocycles. The average molecular weight is 294 g/mol. The summed E-state index contributed by atoms with van der Waals surface area (Å²) in [5.41, 5.74) is 0.855. The lowest BCUT2D eigenvalue weighted by molar-refractivity contribution is 0.0700. The highest BCUT2D eigenvalue weighted by Gasteiger charge is 2.31. The van der Waals surface area contributed by atoms with Crippen LogP contribution in [0.2, 0.25) is 0 Å². The maximum Gasteiger partial charge on any atom is 0.347 e. The molecule has 1 saturated carbocycles. The van der Waals surface area contributed by atoms with Gasteiger partial charge in [0.15, 0.2) is 0 Å². The lowest BCUT2D eigenvalue weighted by Crippen LogP contribution is -2.26. The molecule has 0 unspecified atom stereocenters. The van der Waals surface area contributed by atoms with Crippen LogP contribution in [0, 0.1) is 0 Å².